The predicted octanol–water partition coefficient (Wildman–Crippen LogP) is 2.63. The molecule has 0 heterocycles. The lowest BCUT2D eigenvalue weighted by Crippen LogP contribution is -2.13. The summed E-state index contributed by atoms with van der Waals surface area (Å²) in [5, 5.41) is 7.88. The summed E-state index contributed by atoms with van der Waals surface area (Å²) >= 11 is 1.64. The van der Waals surface area contributed by atoms with Crippen LogP contribution in [0.15, 0.2) is 58.3 Å². The van der Waals surface area contributed by atoms with Gasteiger partial charge in [0.05, 0.1) is 4.90 Å². The van der Waals surface area contributed by atoms with Gasteiger partial charge in [0.2, 0.25) is 15.9 Å². The Morgan fingerprint density at radius 1 is 1.09 bits per heavy atom. The number of hydrogen-bond acceptors (Lipinski definition) is 4. The molecule has 5 nitrogen and oxygen atoms in total. The lowest BCUT2D eigenvalue weighted by Gasteiger charge is -2.06. The quantitative estimate of drug-likeness (QED) is 0.784. The highest BCUT2D eigenvalue weighted by Crippen LogP contribution is 2.18. The highest BCUT2D eigenvalue weighted by molar-refractivity contribution is 7.98. The maximum Gasteiger partial charge on any atom is 0.238 e. The molecule has 0 saturated heterocycles. The third-order valence-electron chi connectivity index (χ3n) is 3.27. The van der Waals surface area contributed by atoms with Crippen LogP contribution in [0.5, 0.6) is 0 Å². The molecule has 7 heteroatoms. The molecule has 0 unspecified atom stereocenters. The lowest BCUT2D eigenvalue weighted by molar-refractivity contribution is -0.116. The fraction of sp³-hybridized carbons (Fsp3) is 0.188. The van der Waals surface area contributed by atoms with Crippen LogP contribution in [0.25, 0.3) is 0 Å². The first-order chi connectivity index (χ1) is 10.9. The molecule has 0 radical (unpaired) electrons. The highest BCUT2D eigenvalue weighted by Gasteiger charge is 2.08. The number of nitrogens with two attached hydrogens (primary N) is 1. The van der Waals surface area contributed by atoms with Gasteiger partial charge >= 0.3 is 0 Å². The van der Waals surface area contributed by atoms with Gasteiger partial charge in [-0.2, -0.15) is 0 Å². The van der Waals surface area contributed by atoms with Crippen LogP contribution in [0.1, 0.15) is 12.0 Å². The molecular formula is C16H18N2O3S2. The van der Waals surface area contributed by atoms with Crippen LogP contribution < -0.4 is 10.5 Å². The van der Waals surface area contributed by atoms with Crippen molar-refractivity contribution in [1.29, 1.82) is 0 Å². The van der Waals surface area contributed by atoms with Gasteiger partial charge < -0.3 is 5.32 Å². The Morgan fingerprint density at radius 3 is 2.22 bits per heavy atom. The second-order valence-electron chi connectivity index (χ2n) is 4.97. The molecule has 3 N–H and O–H groups in total. The Balaban J connectivity index is 1.88. The van der Waals surface area contributed by atoms with Crippen LogP contribution in [0.3, 0.4) is 0 Å². The van der Waals surface area contributed by atoms with Gasteiger partial charge in [0, 0.05) is 17.0 Å². The van der Waals surface area contributed by atoms with E-state index in [2.05, 4.69) is 5.32 Å². The number of anilines is 1. The van der Waals surface area contributed by atoms with E-state index in [1.165, 1.54) is 12.1 Å². The fourth-order valence-corrected chi connectivity index (χ4v) is 2.93. The van der Waals surface area contributed by atoms with E-state index in [0.717, 1.165) is 16.1 Å². The third-order valence-corrected chi connectivity index (χ3v) is 4.94. The number of aryl methyl sites for hydroxylation is 1. The van der Waals surface area contributed by atoms with Gasteiger partial charge in [-0.25, -0.2) is 13.6 Å². The standard InChI is InChI=1S/C16H18N2O3S2/c1-22-14-7-5-13(6-8-14)18-16(19)11-4-12-2-9-15(10-3-12)23(17,20)21/h2-3,5-10H,4,11H2,1H3,(H,18,19)(H2,17,20,21). The maximum absolute atomic E-state index is 11.9. The van der Waals surface area contributed by atoms with Crippen molar-refractivity contribution in [2.75, 3.05) is 11.6 Å². The first kappa shape index (κ1) is 17.5. The van der Waals surface area contributed by atoms with Crippen LogP contribution in [0, 0.1) is 0 Å². The monoisotopic (exact) mass is 350 g/mol. The summed E-state index contributed by atoms with van der Waals surface area (Å²) in [5.74, 6) is -0.0857. The van der Waals surface area contributed by atoms with Gasteiger partial charge in [-0.15, -0.1) is 11.8 Å². The average molecular weight is 350 g/mol. The van der Waals surface area contributed by atoms with Crippen molar-refractivity contribution in [3.63, 3.8) is 0 Å². The van der Waals surface area contributed by atoms with Crippen molar-refractivity contribution in [2.45, 2.75) is 22.6 Å². The summed E-state index contributed by atoms with van der Waals surface area (Å²) in [7, 11) is -3.68. The van der Waals surface area contributed by atoms with Crippen LogP contribution in [-0.2, 0) is 21.2 Å². The van der Waals surface area contributed by atoms with Crippen molar-refractivity contribution in [1.82, 2.24) is 0 Å². The molecular weight excluding hydrogens is 332 g/mol. The molecule has 2 aromatic carbocycles. The zero-order chi connectivity index (χ0) is 16.9. The van der Waals surface area contributed by atoms with Gasteiger partial charge in [-0.3, -0.25) is 4.79 Å². The molecule has 23 heavy (non-hydrogen) atoms. The number of carbonyl (C=O) groups is 1. The molecule has 0 aliphatic heterocycles. The fourth-order valence-electron chi connectivity index (χ4n) is 2.00. The first-order valence-electron chi connectivity index (χ1n) is 6.94. The summed E-state index contributed by atoms with van der Waals surface area (Å²) in [5.41, 5.74) is 1.64. The minimum Gasteiger partial charge on any atom is -0.326 e. The molecule has 0 aliphatic rings. The van der Waals surface area contributed by atoms with Gasteiger partial charge in [-0.05, 0) is 54.6 Å². The molecule has 0 atom stereocenters. The van der Waals surface area contributed by atoms with Crippen LogP contribution in [0.2, 0.25) is 0 Å². The van der Waals surface area contributed by atoms with E-state index in [4.69, 9.17) is 5.14 Å². The van der Waals surface area contributed by atoms with E-state index in [0.29, 0.717) is 12.8 Å². The van der Waals surface area contributed by atoms with E-state index >= 15 is 0 Å². The van der Waals surface area contributed by atoms with Crippen molar-refractivity contribution >= 4 is 33.4 Å². The SMILES string of the molecule is CSc1ccc(NC(=O)CCc2ccc(S(N)(=O)=O)cc2)cc1. The van der Waals surface area contributed by atoms with Gasteiger partial charge in [0.15, 0.2) is 0 Å². The van der Waals surface area contributed by atoms with Crippen LogP contribution >= 0.6 is 11.8 Å². The third kappa shape index (κ3) is 5.38. The second-order valence-corrected chi connectivity index (χ2v) is 7.41. The molecule has 2 aromatic rings. The number of rotatable bonds is 6. The van der Waals surface area contributed by atoms with Gasteiger partial charge in [0.1, 0.15) is 0 Å². The molecule has 0 aliphatic carbocycles. The summed E-state index contributed by atoms with van der Waals surface area (Å²) < 4.78 is 22.3. The van der Waals surface area contributed by atoms with Crippen molar-refractivity contribution in [2.24, 2.45) is 5.14 Å². The summed E-state index contributed by atoms with van der Waals surface area (Å²) in [6.45, 7) is 0. The Kier molecular flexibility index (Phi) is 5.81. The zero-order valence-corrected chi connectivity index (χ0v) is 14.3. The van der Waals surface area contributed by atoms with E-state index in [1.54, 1.807) is 23.9 Å². The maximum atomic E-state index is 11.9. The normalized spacial score (nSPS) is 11.2. The number of benzene rings is 2. The molecule has 0 saturated carbocycles. The van der Waals surface area contributed by atoms with E-state index in [-0.39, 0.29) is 10.8 Å². The number of nitrogens with one attached hydrogen (secondary N) is 1. The molecule has 122 valence electrons. The van der Waals surface area contributed by atoms with Gasteiger partial charge in [0.25, 0.3) is 0 Å². The Hall–Kier alpha value is -1.83. The molecule has 0 fully saturated rings. The first-order valence-corrected chi connectivity index (χ1v) is 9.71. The predicted molar refractivity (Wildman–Crippen MR) is 93.0 cm³/mol. The van der Waals surface area contributed by atoms with Crippen LogP contribution in [0.4, 0.5) is 5.69 Å². The summed E-state index contributed by atoms with van der Waals surface area (Å²) in [6, 6.07) is 13.9. The van der Waals surface area contributed by atoms with E-state index in [1.807, 2.05) is 30.5 Å². The number of primary sulfonamides is 1. The molecule has 0 aromatic heterocycles. The number of thioether (sulfide) groups is 1. The second kappa shape index (κ2) is 7.63. The van der Waals surface area contributed by atoms with Gasteiger partial charge in [-0.1, -0.05) is 12.1 Å². The topological polar surface area (TPSA) is 89.3 Å². The number of hydrogen-bond donors (Lipinski definition) is 2. The Morgan fingerprint density at radius 2 is 1.70 bits per heavy atom. The molecule has 1 amide bonds. The van der Waals surface area contributed by atoms with E-state index < -0.39 is 10.0 Å². The number of amides is 1. The zero-order valence-electron chi connectivity index (χ0n) is 12.7. The van der Waals surface area contributed by atoms with Crippen LogP contribution in [-0.4, -0.2) is 20.6 Å². The van der Waals surface area contributed by atoms with Crippen molar-refractivity contribution < 1.29 is 13.2 Å². The summed E-state index contributed by atoms with van der Waals surface area (Å²) in [6.07, 6.45) is 2.84. The Labute approximate surface area is 140 Å². The molecule has 0 spiro atoms. The number of sulfonamides is 1. The minimum atomic E-state index is -3.68. The lowest BCUT2D eigenvalue weighted by atomic mass is 10.1. The van der Waals surface area contributed by atoms with Crippen molar-refractivity contribution in [3.05, 3.63) is 54.1 Å². The smallest absolute Gasteiger partial charge is 0.238 e. The minimum absolute atomic E-state index is 0.0691. The summed E-state index contributed by atoms with van der Waals surface area (Å²) in [4.78, 5) is 13.1. The van der Waals surface area contributed by atoms with E-state index in [9.17, 15) is 13.2 Å². The molecule has 0 bridgehead atoms. The highest BCUT2D eigenvalue weighted by atomic mass is 32.2. The molecule has 2 rings (SSSR count). The van der Waals surface area contributed by atoms with Crippen molar-refractivity contribution in [3.8, 4) is 0 Å². The largest absolute Gasteiger partial charge is 0.326 e. The number of carbonyl (C=O) groups excluding carboxylic acids is 1. The average Bonchev–Trinajstić information content (AvgIpc) is 2.53. The Bertz CT molecular complexity index is 770.